The zero-order valence-corrected chi connectivity index (χ0v) is 22.8. The average Bonchev–Trinajstić information content (AvgIpc) is 3.32. The molecule has 2 N–H and O–H groups in total. The first kappa shape index (κ1) is 28.1. The van der Waals surface area contributed by atoms with E-state index in [0.29, 0.717) is 11.3 Å². The van der Waals surface area contributed by atoms with E-state index in [-0.39, 0.29) is 30.0 Å². The second-order valence-electron chi connectivity index (χ2n) is 11.5. The van der Waals surface area contributed by atoms with Crippen LogP contribution in [0, 0.1) is 22.8 Å². The van der Waals surface area contributed by atoms with Gasteiger partial charge in [-0.2, -0.15) is 10.5 Å². The number of pyridine rings is 1. The smallest absolute Gasteiger partial charge is 0.251 e. The van der Waals surface area contributed by atoms with Crippen molar-refractivity contribution < 1.29 is 14.7 Å². The van der Waals surface area contributed by atoms with E-state index in [4.69, 9.17) is 0 Å². The normalized spacial score (nSPS) is 20.5. The van der Waals surface area contributed by atoms with Crippen molar-refractivity contribution in [3.05, 3.63) is 59.4 Å². The van der Waals surface area contributed by atoms with Crippen LogP contribution in [-0.4, -0.2) is 51.5 Å². The largest absolute Gasteiger partial charge is 0.391 e. The molecule has 4 rings (SSSR count). The molecule has 1 unspecified atom stereocenters. The Morgan fingerprint density at radius 1 is 1.13 bits per heavy atom. The summed E-state index contributed by atoms with van der Waals surface area (Å²) < 4.78 is 0. The van der Waals surface area contributed by atoms with Gasteiger partial charge in [0.05, 0.1) is 24.3 Å². The molecular weight excluding hydrogens is 492 g/mol. The summed E-state index contributed by atoms with van der Waals surface area (Å²) in [6.07, 6.45) is 9.03. The summed E-state index contributed by atoms with van der Waals surface area (Å²) in [5.41, 5.74) is 1.93. The first-order chi connectivity index (χ1) is 18.6. The molecule has 2 amide bonds. The van der Waals surface area contributed by atoms with Crippen molar-refractivity contribution in [1.82, 2.24) is 15.2 Å². The van der Waals surface area contributed by atoms with Crippen molar-refractivity contribution in [3.63, 3.8) is 0 Å². The van der Waals surface area contributed by atoms with Gasteiger partial charge in [-0.1, -0.05) is 52.2 Å². The lowest BCUT2D eigenvalue weighted by Gasteiger charge is -2.36. The summed E-state index contributed by atoms with van der Waals surface area (Å²) in [5, 5.41) is 33.1. The highest BCUT2D eigenvalue weighted by molar-refractivity contribution is 6.04. The van der Waals surface area contributed by atoms with Crippen molar-refractivity contribution in [2.45, 2.75) is 88.9 Å². The number of nitrogens with one attached hydrogen (secondary N) is 1. The zero-order valence-electron chi connectivity index (χ0n) is 22.8. The molecule has 0 spiro atoms. The molecular formula is C30H36N6O3. The Labute approximate surface area is 230 Å². The Bertz CT molecular complexity index is 1270. The molecule has 1 saturated heterocycles. The Balaban J connectivity index is 1.85. The standard InChI is InChI=1S/C30H36N6O3/c1-30(2,3)21-9-11-23(12-10-21)36(29(39)26-15-24(37)18-35(26)19-32)27(25-17-33-14-13-20(25)16-31)28(38)34-22-7-5-4-6-8-22/h9-14,17,22,24,26-27,37H,4-8,15,18H2,1-3H3,(H,34,38)/t24-,26-,27?/m1/s1. The second-order valence-corrected chi connectivity index (χ2v) is 11.5. The van der Waals surface area contributed by atoms with Gasteiger partial charge in [0, 0.05) is 36.1 Å². The van der Waals surface area contributed by atoms with E-state index in [1.54, 1.807) is 12.1 Å². The maximum Gasteiger partial charge on any atom is 0.251 e. The summed E-state index contributed by atoms with van der Waals surface area (Å²) >= 11 is 0. The fourth-order valence-corrected chi connectivity index (χ4v) is 5.50. The topological polar surface area (TPSA) is 133 Å². The molecule has 204 valence electrons. The lowest BCUT2D eigenvalue weighted by atomic mass is 9.87. The molecule has 1 aliphatic heterocycles. The molecule has 3 atom stereocenters. The van der Waals surface area contributed by atoms with Crippen LogP contribution < -0.4 is 10.2 Å². The highest BCUT2D eigenvalue weighted by Gasteiger charge is 2.43. The number of rotatable bonds is 6. The molecule has 2 aromatic rings. The van der Waals surface area contributed by atoms with Crippen LogP contribution in [0.1, 0.15) is 82.0 Å². The van der Waals surface area contributed by atoms with Crippen LogP contribution >= 0.6 is 0 Å². The molecule has 2 fully saturated rings. The van der Waals surface area contributed by atoms with Crippen LogP contribution in [-0.2, 0) is 15.0 Å². The van der Waals surface area contributed by atoms with Gasteiger partial charge in [-0.15, -0.1) is 0 Å². The summed E-state index contributed by atoms with van der Waals surface area (Å²) in [4.78, 5) is 35.2. The Kier molecular flexibility index (Phi) is 8.52. The van der Waals surface area contributed by atoms with Crippen LogP contribution in [0.4, 0.5) is 5.69 Å². The minimum Gasteiger partial charge on any atom is -0.391 e. The maximum absolute atomic E-state index is 14.3. The van der Waals surface area contributed by atoms with Gasteiger partial charge in [-0.3, -0.25) is 24.4 Å². The number of aromatic nitrogens is 1. The van der Waals surface area contributed by atoms with E-state index >= 15 is 0 Å². The lowest BCUT2D eigenvalue weighted by molar-refractivity contribution is -0.128. The van der Waals surface area contributed by atoms with Crippen molar-refractivity contribution >= 4 is 17.5 Å². The van der Waals surface area contributed by atoms with Gasteiger partial charge in [0.15, 0.2) is 6.19 Å². The van der Waals surface area contributed by atoms with Gasteiger partial charge >= 0.3 is 0 Å². The quantitative estimate of drug-likeness (QED) is 0.546. The molecule has 39 heavy (non-hydrogen) atoms. The van der Waals surface area contributed by atoms with E-state index in [2.05, 4.69) is 37.1 Å². The van der Waals surface area contributed by atoms with E-state index < -0.39 is 30.0 Å². The van der Waals surface area contributed by atoms with Gasteiger partial charge in [0.25, 0.3) is 5.91 Å². The van der Waals surface area contributed by atoms with Crippen molar-refractivity contribution in [3.8, 4) is 12.3 Å². The number of carbonyl (C=O) groups is 2. The van der Waals surface area contributed by atoms with Gasteiger partial charge in [-0.25, -0.2) is 0 Å². The average molecular weight is 529 g/mol. The number of likely N-dealkylation sites (tertiary alicyclic amines) is 1. The molecule has 1 aromatic heterocycles. The predicted molar refractivity (Wildman–Crippen MR) is 146 cm³/mol. The number of nitriles is 2. The first-order valence-corrected chi connectivity index (χ1v) is 13.6. The number of hydrogen-bond donors (Lipinski definition) is 2. The number of aliphatic hydroxyl groups excluding tert-OH is 1. The van der Waals surface area contributed by atoms with Crippen molar-refractivity contribution in [2.75, 3.05) is 11.4 Å². The van der Waals surface area contributed by atoms with Gasteiger partial charge in [0.2, 0.25) is 5.91 Å². The van der Waals surface area contributed by atoms with Gasteiger partial charge in [0.1, 0.15) is 12.1 Å². The number of aliphatic hydroxyl groups is 1. The third-order valence-electron chi connectivity index (χ3n) is 7.67. The SMILES string of the molecule is CC(C)(C)c1ccc(N(C(=O)[C@H]2C[C@@H](O)CN2C#N)C(C(=O)NC2CCCCC2)c2cnccc2C#N)cc1. The third kappa shape index (κ3) is 6.21. The number of anilines is 1. The summed E-state index contributed by atoms with van der Waals surface area (Å²) in [7, 11) is 0. The lowest BCUT2D eigenvalue weighted by Crippen LogP contribution is -2.52. The summed E-state index contributed by atoms with van der Waals surface area (Å²) in [6.45, 7) is 6.31. The minimum absolute atomic E-state index is 0.0277. The van der Waals surface area contributed by atoms with Crippen molar-refractivity contribution in [1.29, 1.82) is 10.5 Å². The number of β-amino-alcohol motifs (C(OH)–C–C–N with tert-alkyl or cyclic N) is 1. The number of benzene rings is 1. The predicted octanol–water partition coefficient (Wildman–Crippen LogP) is 3.69. The van der Waals surface area contributed by atoms with Gasteiger partial charge < -0.3 is 10.4 Å². The maximum atomic E-state index is 14.3. The number of carbonyl (C=O) groups excluding carboxylic acids is 2. The number of nitrogens with zero attached hydrogens (tertiary/aromatic N) is 5. The zero-order chi connectivity index (χ0) is 28.2. The van der Waals surface area contributed by atoms with Crippen LogP contribution in [0.25, 0.3) is 0 Å². The van der Waals surface area contributed by atoms with Crippen LogP contribution in [0.3, 0.4) is 0 Å². The van der Waals surface area contributed by atoms with Crippen LogP contribution in [0.15, 0.2) is 42.7 Å². The van der Waals surface area contributed by atoms with Crippen LogP contribution in [0.5, 0.6) is 0 Å². The monoisotopic (exact) mass is 528 g/mol. The molecule has 1 saturated carbocycles. The first-order valence-electron chi connectivity index (χ1n) is 13.6. The molecule has 1 aliphatic carbocycles. The Hall–Kier alpha value is -3.95. The van der Waals surface area contributed by atoms with E-state index in [9.17, 15) is 25.2 Å². The molecule has 0 bridgehead atoms. The van der Waals surface area contributed by atoms with Crippen LogP contribution in [0.2, 0.25) is 0 Å². The van der Waals surface area contributed by atoms with Crippen molar-refractivity contribution in [2.24, 2.45) is 0 Å². The Morgan fingerprint density at radius 3 is 2.44 bits per heavy atom. The molecule has 2 heterocycles. The molecule has 9 nitrogen and oxygen atoms in total. The highest BCUT2D eigenvalue weighted by atomic mass is 16.3. The second kappa shape index (κ2) is 11.8. The van der Waals surface area contributed by atoms with E-state index in [1.165, 1.54) is 28.3 Å². The van der Waals surface area contributed by atoms with E-state index in [0.717, 1.165) is 37.7 Å². The fourth-order valence-electron chi connectivity index (χ4n) is 5.50. The molecule has 1 aromatic carbocycles. The molecule has 2 aliphatic rings. The molecule has 9 heteroatoms. The Morgan fingerprint density at radius 2 is 1.82 bits per heavy atom. The fraction of sp³-hybridized carbons (Fsp3) is 0.500. The minimum atomic E-state index is -1.19. The third-order valence-corrected chi connectivity index (χ3v) is 7.67. The number of amides is 2. The number of hydrogen-bond acceptors (Lipinski definition) is 7. The summed E-state index contributed by atoms with van der Waals surface area (Å²) in [6, 6.07) is 8.94. The molecule has 0 radical (unpaired) electrons. The summed E-state index contributed by atoms with van der Waals surface area (Å²) in [5.74, 6) is -0.894. The van der Waals surface area contributed by atoms with E-state index in [1.807, 2.05) is 18.3 Å². The van der Waals surface area contributed by atoms with Gasteiger partial charge in [-0.05, 0) is 42.0 Å². The highest BCUT2D eigenvalue weighted by Crippen LogP contribution is 2.34.